The Morgan fingerprint density at radius 2 is 1.88 bits per heavy atom. The maximum absolute atomic E-state index is 12.0. The van der Waals surface area contributed by atoms with E-state index in [0.29, 0.717) is 6.42 Å². The molecule has 2 aromatic heterocycles. The molecule has 0 bridgehead atoms. The van der Waals surface area contributed by atoms with Crippen molar-refractivity contribution in [1.29, 1.82) is 0 Å². The molecule has 0 saturated carbocycles. The topological polar surface area (TPSA) is 62.7 Å². The largest absolute Gasteiger partial charge is 0.387 e. The number of aryl methyl sites for hydroxylation is 1. The summed E-state index contributed by atoms with van der Waals surface area (Å²) in [6.07, 6.45) is 3.45. The highest BCUT2D eigenvalue weighted by Gasteiger charge is 2.12. The van der Waals surface area contributed by atoms with Gasteiger partial charge in [-0.2, -0.15) is 0 Å². The molecule has 3 aromatic rings. The number of hydrogen-bond donors (Lipinski definition) is 2. The van der Waals surface area contributed by atoms with Crippen LogP contribution in [-0.4, -0.2) is 27.4 Å². The fourth-order valence-corrected chi connectivity index (χ4v) is 2.61. The van der Waals surface area contributed by atoms with Crippen LogP contribution in [-0.2, 0) is 7.05 Å². The van der Waals surface area contributed by atoms with Gasteiger partial charge in [0.1, 0.15) is 0 Å². The molecule has 0 unspecified atom stereocenters. The number of ketones is 1. The van der Waals surface area contributed by atoms with E-state index in [4.69, 9.17) is 0 Å². The molecule has 0 spiro atoms. The zero-order valence-corrected chi connectivity index (χ0v) is 17.1. The van der Waals surface area contributed by atoms with E-state index in [-0.39, 0.29) is 5.78 Å². The third-order valence-electron chi connectivity index (χ3n) is 3.82. The number of nitrogens with zero attached hydrogens (tertiary/aromatic N) is 2. The van der Waals surface area contributed by atoms with E-state index >= 15 is 0 Å². The lowest BCUT2D eigenvalue weighted by atomic mass is 10.1. The van der Waals surface area contributed by atoms with Gasteiger partial charge in [0.25, 0.3) is 0 Å². The lowest BCUT2D eigenvalue weighted by Crippen LogP contribution is -1.97. The Balaban J connectivity index is 0.000000791. The van der Waals surface area contributed by atoms with Crippen LogP contribution in [0.5, 0.6) is 0 Å². The third-order valence-corrected chi connectivity index (χ3v) is 3.82. The molecule has 2 heterocycles. The zero-order chi connectivity index (χ0) is 19.7. The Morgan fingerprint density at radius 3 is 2.46 bits per heavy atom. The van der Waals surface area contributed by atoms with Crippen LogP contribution in [0.2, 0.25) is 0 Å². The van der Waals surface area contributed by atoms with Crippen LogP contribution in [0.3, 0.4) is 0 Å². The summed E-state index contributed by atoms with van der Waals surface area (Å²) in [7, 11) is 3.88. The molecule has 3 rings (SSSR count). The van der Waals surface area contributed by atoms with E-state index < -0.39 is 0 Å². The van der Waals surface area contributed by atoms with Crippen molar-refractivity contribution in [2.75, 3.05) is 12.4 Å². The van der Waals surface area contributed by atoms with Crippen molar-refractivity contribution in [1.82, 2.24) is 14.5 Å². The highest BCUT2D eigenvalue weighted by molar-refractivity contribution is 5.99. The van der Waals surface area contributed by atoms with Gasteiger partial charge < -0.3 is 14.9 Å². The fourth-order valence-electron chi connectivity index (χ4n) is 2.61. The first kappa shape index (κ1) is 21.5. The number of hydrogen-bond acceptors (Lipinski definition) is 3. The van der Waals surface area contributed by atoms with E-state index in [1.54, 1.807) is 0 Å². The van der Waals surface area contributed by atoms with E-state index in [2.05, 4.69) is 15.3 Å². The molecule has 1 aromatic carbocycles. The second-order valence-electron chi connectivity index (χ2n) is 5.47. The first-order chi connectivity index (χ1) is 12.6. The first-order valence-corrected chi connectivity index (χ1v) is 9.50. The average molecular weight is 357 g/mol. The van der Waals surface area contributed by atoms with Crippen LogP contribution >= 0.6 is 0 Å². The molecule has 0 atom stereocenters. The summed E-state index contributed by atoms with van der Waals surface area (Å²) >= 11 is 0. The molecule has 0 amide bonds. The summed E-state index contributed by atoms with van der Waals surface area (Å²) in [5.41, 5.74) is 4.55. The Morgan fingerprint density at radius 1 is 1.19 bits per heavy atom. The standard InChI is InChI=1S/C17H20N4O.2C2H6/c1-4-5-16(22)11-6-7-13-14(8-11)20-17(19-13)15-9-12(18-2)10-21(15)3;2*1-2/h6-10,18H,4-5H2,1-3H3,(H,19,20);2*1-2H3. The number of Topliss-reactive ketones (excluding diaryl/α,β-unsaturated/α-hetero) is 1. The van der Waals surface area contributed by atoms with Gasteiger partial charge in [-0.15, -0.1) is 0 Å². The summed E-state index contributed by atoms with van der Waals surface area (Å²) in [4.78, 5) is 20.0. The van der Waals surface area contributed by atoms with Gasteiger partial charge in [0.05, 0.1) is 22.4 Å². The molecule has 2 N–H and O–H groups in total. The predicted molar refractivity (Wildman–Crippen MR) is 112 cm³/mol. The predicted octanol–water partition coefficient (Wildman–Crippen LogP) is 5.65. The number of aromatic amines is 1. The third kappa shape index (κ3) is 4.75. The lowest BCUT2D eigenvalue weighted by Gasteiger charge is -1.98. The van der Waals surface area contributed by atoms with Crippen molar-refractivity contribution in [3.05, 3.63) is 36.0 Å². The summed E-state index contributed by atoms with van der Waals surface area (Å²) in [5.74, 6) is 0.982. The van der Waals surface area contributed by atoms with E-state index in [1.807, 2.05) is 83.7 Å². The van der Waals surface area contributed by atoms with Gasteiger partial charge in [-0.05, 0) is 30.7 Å². The Bertz CT molecular complexity index is 830. The van der Waals surface area contributed by atoms with Crippen LogP contribution in [0.4, 0.5) is 5.69 Å². The number of aromatic nitrogens is 3. The number of anilines is 1. The molecule has 5 nitrogen and oxygen atoms in total. The molecule has 0 saturated heterocycles. The van der Waals surface area contributed by atoms with E-state index in [1.165, 1.54) is 0 Å². The number of H-pyrrole nitrogens is 1. The molecule has 5 heteroatoms. The number of benzene rings is 1. The summed E-state index contributed by atoms with van der Waals surface area (Å²) in [6.45, 7) is 10.0. The second kappa shape index (κ2) is 10.4. The number of rotatable bonds is 5. The molecule has 0 aliphatic rings. The van der Waals surface area contributed by atoms with Crippen LogP contribution in [0.15, 0.2) is 30.5 Å². The molecule has 142 valence electrons. The molecule has 26 heavy (non-hydrogen) atoms. The Hall–Kier alpha value is -2.56. The van der Waals surface area contributed by atoms with Crippen molar-refractivity contribution >= 4 is 22.5 Å². The number of nitrogens with one attached hydrogen (secondary N) is 2. The molecular formula is C21H32N4O. The van der Waals surface area contributed by atoms with Crippen LogP contribution in [0.1, 0.15) is 57.8 Å². The zero-order valence-electron chi connectivity index (χ0n) is 17.1. The number of imidazole rings is 1. The van der Waals surface area contributed by atoms with Gasteiger partial charge in [-0.25, -0.2) is 4.98 Å². The maximum Gasteiger partial charge on any atom is 0.162 e. The molecular weight excluding hydrogens is 324 g/mol. The van der Waals surface area contributed by atoms with Gasteiger partial charge in [0.15, 0.2) is 11.6 Å². The Kier molecular flexibility index (Phi) is 8.62. The molecule has 0 aliphatic heterocycles. The van der Waals surface area contributed by atoms with Gasteiger partial charge >= 0.3 is 0 Å². The van der Waals surface area contributed by atoms with E-state index in [9.17, 15) is 4.79 Å². The maximum atomic E-state index is 12.0. The monoisotopic (exact) mass is 356 g/mol. The van der Waals surface area contributed by atoms with Crippen molar-refractivity contribution in [2.45, 2.75) is 47.5 Å². The van der Waals surface area contributed by atoms with Gasteiger partial charge in [-0.1, -0.05) is 34.6 Å². The SMILES string of the molecule is CC.CC.CCCC(=O)c1ccc2nc(-c3cc(NC)cn3C)[nH]c2c1. The molecule has 0 radical (unpaired) electrons. The minimum absolute atomic E-state index is 0.178. The van der Waals surface area contributed by atoms with Gasteiger partial charge in [0, 0.05) is 32.3 Å². The fraction of sp³-hybridized carbons (Fsp3) is 0.429. The molecule has 0 aliphatic carbocycles. The normalized spacial score (nSPS) is 9.81. The Labute approximate surface area is 156 Å². The van der Waals surface area contributed by atoms with Crippen LogP contribution in [0, 0.1) is 0 Å². The molecule has 0 fully saturated rings. The van der Waals surface area contributed by atoms with Crippen LogP contribution < -0.4 is 5.32 Å². The highest BCUT2D eigenvalue weighted by Crippen LogP contribution is 2.25. The highest BCUT2D eigenvalue weighted by atomic mass is 16.1. The van der Waals surface area contributed by atoms with Crippen molar-refractivity contribution in [3.8, 4) is 11.5 Å². The number of carbonyl (C=O) groups excluding carboxylic acids is 1. The smallest absolute Gasteiger partial charge is 0.162 e. The van der Waals surface area contributed by atoms with Gasteiger partial charge in [-0.3, -0.25) is 4.79 Å². The average Bonchev–Trinajstić information content (AvgIpc) is 3.27. The van der Waals surface area contributed by atoms with Gasteiger partial charge in [0.2, 0.25) is 0 Å². The minimum atomic E-state index is 0.178. The van der Waals surface area contributed by atoms with Crippen LogP contribution in [0.25, 0.3) is 22.6 Å². The quantitative estimate of drug-likeness (QED) is 0.581. The second-order valence-corrected chi connectivity index (χ2v) is 5.47. The van der Waals surface area contributed by atoms with Crippen molar-refractivity contribution in [2.24, 2.45) is 7.05 Å². The summed E-state index contributed by atoms with van der Waals surface area (Å²) < 4.78 is 2.02. The first-order valence-electron chi connectivity index (χ1n) is 9.50. The van der Waals surface area contributed by atoms with Crippen molar-refractivity contribution in [3.63, 3.8) is 0 Å². The number of fused-ring (bicyclic) bond motifs is 1. The van der Waals surface area contributed by atoms with E-state index in [0.717, 1.165) is 40.2 Å². The lowest BCUT2D eigenvalue weighted by molar-refractivity contribution is 0.0982. The van der Waals surface area contributed by atoms with Crippen molar-refractivity contribution < 1.29 is 4.79 Å². The summed E-state index contributed by atoms with van der Waals surface area (Å²) in [5, 5.41) is 3.12. The minimum Gasteiger partial charge on any atom is -0.387 e. The number of carbonyl (C=O) groups is 1. The summed E-state index contributed by atoms with van der Waals surface area (Å²) in [6, 6.07) is 7.70.